The lowest BCUT2D eigenvalue weighted by molar-refractivity contribution is 0.154. The first kappa shape index (κ1) is 16.3. The number of alkyl halides is 1. The van der Waals surface area contributed by atoms with Crippen molar-refractivity contribution in [2.45, 2.75) is 46.5 Å². The van der Waals surface area contributed by atoms with E-state index in [1.54, 1.807) is 4.31 Å². The van der Waals surface area contributed by atoms with Crippen molar-refractivity contribution in [1.82, 2.24) is 4.31 Å². The third kappa shape index (κ3) is 4.71. The molecule has 0 aromatic carbocycles. The van der Waals surface area contributed by atoms with E-state index < -0.39 is 10.0 Å². The van der Waals surface area contributed by atoms with E-state index in [2.05, 4.69) is 20.8 Å². The first-order valence-electron chi connectivity index (χ1n) is 6.81. The number of hydrogen-bond donors (Lipinski definition) is 0. The van der Waals surface area contributed by atoms with Crippen LogP contribution in [-0.4, -0.2) is 37.4 Å². The van der Waals surface area contributed by atoms with E-state index in [-0.39, 0.29) is 11.2 Å². The molecule has 18 heavy (non-hydrogen) atoms. The Morgan fingerprint density at radius 2 is 1.72 bits per heavy atom. The molecular weight excluding hydrogens is 270 g/mol. The molecule has 0 N–H and O–H groups in total. The topological polar surface area (TPSA) is 37.4 Å². The van der Waals surface area contributed by atoms with Gasteiger partial charge in [-0.25, -0.2) is 12.7 Å². The van der Waals surface area contributed by atoms with Gasteiger partial charge < -0.3 is 0 Å². The fourth-order valence-electron chi connectivity index (χ4n) is 2.51. The van der Waals surface area contributed by atoms with Gasteiger partial charge in [0.1, 0.15) is 0 Å². The standard InChI is InChI=1S/C13H26ClNO2S/c1-13(2,3)12-6-9-15(10-7-12)18(16,17)11-5-4-8-14/h12H,4-11H2,1-3H3. The van der Waals surface area contributed by atoms with Crippen LogP contribution in [0.15, 0.2) is 0 Å². The molecular formula is C13H26ClNO2S. The van der Waals surface area contributed by atoms with E-state index in [0.717, 1.165) is 19.3 Å². The molecule has 0 unspecified atom stereocenters. The fourth-order valence-corrected chi connectivity index (χ4v) is 4.29. The van der Waals surface area contributed by atoms with Crippen LogP contribution in [0.3, 0.4) is 0 Å². The highest BCUT2D eigenvalue weighted by Gasteiger charge is 2.32. The molecule has 0 spiro atoms. The molecule has 0 aliphatic carbocycles. The largest absolute Gasteiger partial charge is 0.214 e. The highest BCUT2D eigenvalue weighted by Crippen LogP contribution is 2.34. The average Bonchev–Trinajstić information content (AvgIpc) is 2.28. The van der Waals surface area contributed by atoms with Crippen molar-refractivity contribution in [3.63, 3.8) is 0 Å². The van der Waals surface area contributed by atoms with Crippen molar-refractivity contribution in [2.24, 2.45) is 11.3 Å². The number of rotatable bonds is 5. The van der Waals surface area contributed by atoms with E-state index >= 15 is 0 Å². The highest BCUT2D eigenvalue weighted by molar-refractivity contribution is 7.89. The summed E-state index contributed by atoms with van der Waals surface area (Å²) in [5, 5.41) is 0. The molecule has 0 amide bonds. The van der Waals surface area contributed by atoms with Gasteiger partial charge in [-0.15, -0.1) is 11.6 Å². The maximum Gasteiger partial charge on any atom is 0.214 e. The number of piperidine rings is 1. The third-order valence-corrected chi connectivity index (χ3v) is 6.08. The minimum Gasteiger partial charge on any atom is -0.212 e. The summed E-state index contributed by atoms with van der Waals surface area (Å²) in [7, 11) is -3.05. The van der Waals surface area contributed by atoms with Crippen LogP contribution in [0.4, 0.5) is 0 Å². The van der Waals surface area contributed by atoms with Crippen molar-refractivity contribution in [3.8, 4) is 0 Å². The SMILES string of the molecule is CC(C)(C)C1CCN(S(=O)(=O)CCCCCl)CC1. The summed E-state index contributed by atoms with van der Waals surface area (Å²) < 4.78 is 25.9. The lowest BCUT2D eigenvalue weighted by Crippen LogP contribution is -2.42. The third-order valence-electron chi connectivity index (χ3n) is 3.86. The van der Waals surface area contributed by atoms with E-state index in [9.17, 15) is 8.42 Å². The Morgan fingerprint density at radius 1 is 1.17 bits per heavy atom. The zero-order chi connectivity index (χ0) is 13.8. The molecule has 0 saturated carbocycles. The summed E-state index contributed by atoms with van der Waals surface area (Å²) in [4.78, 5) is 0. The summed E-state index contributed by atoms with van der Waals surface area (Å²) in [6.07, 6.45) is 3.42. The van der Waals surface area contributed by atoms with E-state index in [1.165, 1.54) is 0 Å². The second kappa shape index (κ2) is 6.58. The maximum absolute atomic E-state index is 12.1. The molecule has 0 aromatic rings. The maximum atomic E-state index is 12.1. The van der Waals surface area contributed by atoms with Gasteiger partial charge in [-0.3, -0.25) is 0 Å². The monoisotopic (exact) mass is 295 g/mol. The zero-order valence-corrected chi connectivity index (χ0v) is 13.4. The number of nitrogens with zero attached hydrogens (tertiary/aromatic N) is 1. The van der Waals surface area contributed by atoms with Crippen LogP contribution in [0.1, 0.15) is 46.5 Å². The molecule has 5 heteroatoms. The summed E-state index contributed by atoms with van der Waals surface area (Å²) in [6.45, 7) is 8.09. The van der Waals surface area contributed by atoms with Crippen LogP contribution in [0.2, 0.25) is 0 Å². The van der Waals surface area contributed by atoms with Crippen molar-refractivity contribution in [2.75, 3.05) is 24.7 Å². The zero-order valence-electron chi connectivity index (χ0n) is 11.8. The second-order valence-electron chi connectivity index (χ2n) is 6.25. The lowest BCUT2D eigenvalue weighted by Gasteiger charge is -2.38. The molecule has 1 heterocycles. The molecule has 1 aliphatic heterocycles. The molecule has 1 rings (SSSR count). The molecule has 0 atom stereocenters. The highest BCUT2D eigenvalue weighted by atomic mass is 35.5. The average molecular weight is 296 g/mol. The number of halogens is 1. The van der Waals surface area contributed by atoms with E-state index in [4.69, 9.17) is 11.6 Å². The van der Waals surface area contributed by atoms with Gasteiger partial charge in [-0.1, -0.05) is 20.8 Å². The number of hydrogen-bond acceptors (Lipinski definition) is 2. The smallest absolute Gasteiger partial charge is 0.212 e. The quantitative estimate of drug-likeness (QED) is 0.577. The molecule has 0 bridgehead atoms. The van der Waals surface area contributed by atoms with Gasteiger partial charge in [0.25, 0.3) is 0 Å². The summed E-state index contributed by atoms with van der Waals surface area (Å²) in [6, 6.07) is 0. The van der Waals surface area contributed by atoms with Crippen molar-refractivity contribution >= 4 is 21.6 Å². The Morgan fingerprint density at radius 3 is 2.17 bits per heavy atom. The predicted molar refractivity (Wildman–Crippen MR) is 77.5 cm³/mol. The summed E-state index contributed by atoms with van der Waals surface area (Å²) in [5.41, 5.74) is 0.286. The van der Waals surface area contributed by atoms with E-state index in [0.29, 0.717) is 31.3 Å². The van der Waals surface area contributed by atoms with Gasteiger partial charge in [0, 0.05) is 19.0 Å². The second-order valence-corrected chi connectivity index (χ2v) is 8.72. The Kier molecular flexibility index (Phi) is 5.94. The summed E-state index contributed by atoms with van der Waals surface area (Å²) in [5.74, 6) is 1.42. The first-order chi connectivity index (χ1) is 8.27. The van der Waals surface area contributed by atoms with Gasteiger partial charge in [0.2, 0.25) is 10.0 Å². The first-order valence-corrected chi connectivity index (χ1v) is 8.95. The van der Waals surface area contributed by atoms with Gasteiger partial charge >= 0.3 is 0 Å². The number of unbranched alkanes of at least 4 members (excludes halogenated alkanes) is 1. The van der Waals surface area contributed by atoms with Crippen LogP contribution < -0.4 is 0 Å². The van der Waals surface area contributed by atoms with E-state index in [1.807, 2.05) is 0 Å². The molecule has 1 fully saturated rings. The van der Waals surface area contributed by atoms with Crippen LogP contribution in [0, 0.1) is 11.3 Å². The Hall–Kier alpha value is 0.200. The minimum absolute atomic E-state index is 0.250. The normalized spacial score (nSPS) is 20.2. The lowest BCUT2D eigenvalue weighted by atomic mass is 9.76. The molecule has 0 aromatic heterocycles. The van der Waals surface area contributed by atoms with Crippen molar-refractivity contribution in [3.05, 3.63) is 0 Å². The van der Waals surface area contributed by atoms with Crippen molar-refractivity contribution in [1.29, 1.82) is 0 Å². The molecule has 1 saturated heterocycles. The molecule has 3 nitrogen and oxygen atoms in total. The molecule has 108 valence electrons. The van der Waals surface area contributed by atoms with Gasteiger partial charge in [-0.05, 0) is 37.0 Å². The van der Waals surface area contributed by atoms with Gasteiger partial charge in [-0.2, -0.15) is 0 Å². The predicted octanol–water partition coefficient (Wildman–Crippen LogP) is 3.09. The van der Waals surface area contributed by atoms with Gasteiger partial charge in [0.05, 0.1) is 5.75 Å². The Balaban J connectivity index is 2.47. The van der Waals surface area contributed by atoms with Crippen molar-refractivity contribution < 1.29 is 8.42 Å². The van der Waals surface area contributed by atoms with Gasteiger partial charge in [0.15, 0.2) is 0 Å². The Bertz CT molecular complexity index is 340. The fraction of sp³-hybridized carbons (Fsp3) is 1.00. The Labute approximate surface area is 117 Å². The van der Waals surface area contributed by atoms with Crippen LogP contribution in [0.25, 0.3) is 0 Å². The molecule has 0 radical (unpaired) electrons. The molecule has 1 aliphatic rings. The van der Waals surface area contributed by atoms with Crippen LogP contribution >= 0.6 is 11.6 Å². The summed E-state index contributed by atoms with van der Waals surface area (Å²) >= 11 is 5.58. The number of sulfonamides is 1. The van der Waals surface area contributed by atoms with Crippen LogP contribution in [-0.2, 0) is 10.0 Å². The van der Waals surface area contributed by atoms with Crippen LogP contribution in [0.5, 0.6) is 0 Å². The minimum atomic E-state index is -3.05.